The topological polar surface area (TPSA) is 44.8 Å². The summed E-state index contributed by atoms with van der Waals surface area (Å²) in [5.41, 5.74) is 0.466. The smallest absolute Gasteiger partial charge is 0.153 e. The van der Waals surface area contributed by atoms with Crippen LogP contribution in [0.2, 0.25) is 5.02 Å². The summed E-state index contributed by atoms with van der Waals surface area (Å²) >= 11 is 5.98. The molecule has 0 amide bonds. The maximum atomic E-state index is 11.0. The van der Waals surface area contributed by atoms with E-state index in [2.05, 4.69) is 0 Å². The number of methoxy groups -OCH3 is 1. The molecule has 2 rings (SSSR count). The van der Waals surface area contributed by atoms with E-state index >= 15 is 0 Å². The van der Waals surface area contributed by atoms with Gasteiger partial charge in [-0.15, -0.1) is 0 Å². The highest BCUT2D eigenvalue weighted by Gasteiger charge is 2.06. The van der Waals surface area contributed by atoms with Crippen molar-refractivity contribution in [1.82, 2.24) is 0 Å². The third-order valence-corrected chi connectivity index (χ3v) is 3.10. The molecular weight excluding hydrogens is 292 g/mol. The van der Waals surface area contributed by atoms with E-state index in [1.807, 2.05) is 12.1 Å². The molecule has 110 valence electrons. The van der Waals surface area contributed by atoms with Gasteiger partial charge >= 0.3 is 0 Å². The molecule has 0 fully saturated rings. The van der Waals surface area contributed by atoms with Crippen LogP contribution >= 0.6 is 11.6 Å². The molecule has 21 heavy (non-hydrogen) atoms. The second kappa shape index (κ2) is 7.55. The highest BCUT2D eigenvalue weighted by Crippen LogP contribution is 2.24. The van der Waals surface area contributed by atoms with E-state index in [0.717, 1.165) is 6.29 Å². The van der Waals surface area contributed by atoms with Gasteiger partial charge in [-0.1, -0.05) is 23.7 Å². The lowest BCUT2D eigenvalue weighted by molar-refractivity contribution is 0.111. The Morgan fingerprint density at radius 2 is 1.76 bits per heavy atom. The van der Waals surface area contributed by atoms with Crippen molar-refractivity contribution in [3.05, 3.63) is 53.1 Å². The molecule has 0 aliphatic rings. The fourth-order valence-corrected chi connectivity index (χ4v) is 1.92. The molecule has 5 heteroatoms. The van der Waals surface area contributed by atoms with E-state index in [1.165, 1.54) is 0 Å². The van der Waals surface area contributed by atoms with E-state index in [9.17, 15) is 4.79 Å². The SMILES string of the molecule is COc1ccc(C=O)c(OCCOc2ccccc2Cl)c1. The molecule has 0 atom stereocenters. The van der Waals surface area contributed by atoms with Crippen LogP contribution < -0.4 is 14.2 Å². The Kier molecular flexibility index (Phi) is 5.46. The molecule has 0 saturated carbocycles. The van der Waals surface area contributed by atoms with E-state index < -0.39 is 0 Å². The molecule has 2 aromatic carbocycles. The zero-order valence-electron chi connectivity index (χ0n) is 11.5. The number of hydrogen-bond acceptors (Lipinski definition) is 4. The number of hydrogen-bond donors (Lipinski definition) is 0. The Hall–Kier alpha value is -2.20. The van der Waals surface area contributed by atoms with Crippen molar-refractivity contribution in [3.63, 3.8) is 0 Å². The monoisotopic (exact) mass is 306 g/mol. The first-order valence-electron chi connectivity index (χ1n) is 6.38. The number of benzene rings is 2. The van der Waals surface area contributed by atoms with Crippen molar-refractivity contribution in [2.45, 2.75) is 0 Å². The van der Waals surface area contributed by atoms with E-state index in [-0.39, 0.29) is 0 Å². The fourth-order valence-electron chi connectivity index (χ4n) is 1.73. The van der Waals surface area contributed by atoms with E-state index in [4.69, 9.17) is 25.8 Å². The molecule has 0 spiro atoms. The van der Waals surface area contributed by atoms with Gasteiger partial charge in [0.05, 0.1) is 17.7 Å². The summed E-state index contributed by atoms with van der Waals surface area (Å²) in [4.78, 5) is 11.0. The van der Waals surface area contributed by atoms with Crippen molar-refractivity contribution < 1.29 is 19.0 Å². The Labute approximate surface area is 128 Å². The average Bonchev–Trinajstić information content (AvgIpc) is 2.52. The van der Waals surface area contributed by atoms with Gasteiger partial charge in [-0.25, -0.2) is 0 Å². The van der Waals surface area contributed by atoms with Crippen LogP contribution in [0.5, 0.6) is 17.2 Å². The first-order chi connectivity index (χ1) is 10.2. The lowest BCUT2D eigenvalue weighted by atomic mass is 10.2. The minimum absolute atomic E-state index is 0.291. The summed E-state index contributed by atoms with van der Waals surface area (Å²) in [6.45, 7) is 0.610. The molecule has 0 aromatic heterocycles. The molecule has 0 saturated heterocycles. The summed E-state index contributed by atoms with van der Waals surface area (Å²) < 4.78 is 16.2. The predicted molar refractivity (Wildman–Crippen MR) is 80.8 cm³/mol. The van der Waals surface area contributed by atoms with E-state index in [0.29, 0.717) is 41.0 Å². The zero-order chi connectivity index (χ0) is 15.1. The van der Waals surface area contributed by atoms with Gasteiger partial charge in [-0.3, -0.25) is 4.79 Å². The number of aldehydes is 1. The number of para-hydroxylation sites is 1. The van der Waals surface area contributed by atoms with Gasteiger partial charge in [-0.05, 0) is 24.3 Å². The Morgan fingerprint density at radius 1 is 1.05 bits per heavy atom. The van der Waals surface area contributed by atoms with Crippen molar-refractivity contribution in [1.29, 1.82) is 0 Å². The van der Waals surface area contributed by atoms with Crippen LogP contribution in [0.4, 0.5) is 0 Å². The first-order valence-corrected chi connectivity index (χ1v) is 6.75. The molecule has 0 heterocycles. The summed E-state index contributed by atoms with van der Waals surface area (Å²) in [6, 6.07) is 12.2. The van der Waals surface area contributed by atoms with Crippen molar-refractivity contribution in [2.24, 2.45) is 0 Å². The van der Waals surface area contributed by atoms with Crippen molar-refractivity contribution in [2.75, 3.05) is 20.3 Å². The summed E-state index contributed by atoms with van der Waals surface area (Å²) in [7, 11) is 1.56. The number of carbonyl (C=O) groups is 1. The third-order valence-electron chi connectivity index (χ3n) is 2.78. The molecule has 4 nitrogen and oxygen atoms in total. The van der Waals surface area contributed by atoms with Gasteiger partial charge in [0.15, 0.2) is 6.29 Å². The molecule has 2 aromatic rings. The van der Waals surface area contributed by atoms with Crippen LogP contribution in [0.25, 0.3) is 0 Å². The van der Waals surface area contributed by atoms with Gasteiger partial charge in [-0.2, -0.15) is 0 Å². The number of halogens is 1. The summed E-state index contributed by atoms with van der Waals surface area (Å²) in [5, 5.41) is 0.549. The van der Waals surface area contributed by atoms with Gasteiger partial charge < -0.3 is 14.2 Å². The van der Waals surface area contributed by atoms with Crippen LogP contribution in [-0.4, -0.2) is 26.6 Å². The van der Waals surface area contributed by atoms with Crippen LogP contribution in [0.3, 0.4) is 0 Å². The minimum atomic E-state index is 0.291. The maximum Gasteiger partial charge on any atom is 0.153 e. The summed E-state index contributed by atoms with van der Waals surface area (Å²) in [5.74, 6) is 1.69. The normalized spacial score (nSPS) is 10.0. The minimum Gasteiger partial charge on any atom is -0.497 e. The molecule has 0 bridgehead atoms. The second-order valence-electron chi connectivity index (χ2n) is 4.15. The van der Waals surface area contributed by atoms with Crippen LogP contribution in [-0.2, 0) is 0 Å². The maximum absolute atomic E-state index is 11.0. The molecular formula is C16H15ClO4. The molecule has 0 N–H and O–H groups in total. The number of ether oxygens (including phenoxy) is 3. The zero-order valence-corrected chi connectivity index (χ0v) is 12.3. The highest BCUT2D eigenvalue weighted by molar-refractivity contribution is 6.32. The van der Waals surface area contributed by atoms with Gasteiger partial charge in [0, 0.05) is 6.07 Å². The Morgan fingerprint density at radius 3 is 2.43 bits per heavy atom. The molecule has 0 aliphatic carbocycles. The van der Waals surface area contributed by atoms with Gasteiger partial charge in [0.25, 0.3) is 0 Å². The average molecular weight is 307 g/mol. The number of rotatable bonds is 7. The Bertz CT molecular complexity index is 613. The first kappa shape index (κ1) is 15.2. The lowest BCUT2D eigenvalue weighted by Crippen LogP contribution is -2.10. The van der Waals surface area contributed by atoms with E-state index in [1.54, 1.807) is 37.4 Å². The van der Waals surface area contributed by atoms with Crippen LogP contribution in [0.15, 0.2) is 42.5 Å². The predicted octanol–water partition coefficient (Wildman–Crippen LogP) is 3.62. The molecule has 0 aliphatic heterocycles. The summed E-state index contributed by atoms with van der Waals surface area (Å²) in [6.07, 6.45) is 0.740. The largest absolute Gasteiger partial charge is 0.497 e. The number of carbonyl (C=O) groups excluding carboxylic acids is 1. The van der Waals surface area contributed by atoms with Crippen LogP contribution in [0, 0.1) is 0 Å². The van der Waals surface area contributed by atoms with Gasteiger partial charge in [0.2, 0.25) is 0 Å². The fraction of sp³-hybridized carbons (Fsp3) is 0.188. The van der Waals surface area contributed by atoms with Crippen molar-refractivity contribution >= 4 is 17.9 Å². The second-order valence-corrected chi connectivity index (χ2v) is 4.56. The van der Waals surface area contributed by atoms with Crippen LogP contribution in [0.1, 0.15) is 10.4 Å². The Balaban J connectivity index is 1.91. The standard InChI is InChI=1S/C16H15ClO4/c1-19-13-7-6-12(11-18)16(10-13)21-9-8-20-15-5-3-2-4-14(15)17/h2-7,10-11H,8-9H2,1H3. The third kappa shape index (κ3) is 4.13. The van der Waals surface area contributed by atoms with Crippen molar-refractivity contribution in [3.8, 4) is 17.2 Å². The molecule has 0 unspecified atom stereocenters. The molecule has 0 radical (unpaired) electrons. The quantitative estimate of drug-likeness (QED) is 0.579. The lowest BCUT2D eigenvalue weighted by Gasteiger charge is -2.11. The highest BCUT2D eigenvalue weighted by atomic mass is 35.5. The van der Waals surface area contributed by atoms with Gasteiger partial charge in [0.1, 0.15) is 30.5 Å².